The molecule has 0 unspecified atom stereocenters. The summed E-state index contributed by atoms with van der Waals surface area (Å²) in [7, 11) is -4.60. The molecule has 0 aliphatic heterocycles. The van der Waals surface area contributed by atoms with Crippen molar-refractivity contribution in [2.75, 3.05) is 5.43 Å². The van der Waals surface area contributed by atoms with Gasteiger partial charge < -0.3 is 0 Å². The van der Waals surface area contributed by atoms with Crippen LogP contribution in [0.15, 0.2) is 41.8 Å². The average Bonchev–Trinajstić information content (AvgIpc) is 2.50. The molecule has 8 heteroatoms. The van der Waals surface area contributed by atoms with Crippen molar-refractivity contribution in [3.8, 4) is 0 Å². The minimum atomic E-state index is -4.60. The van der Waals surface area contributed by atoms with Gasteiger partial charge >= 0.3 is 5.76 Å². The Bertz CT molecular complexity index is 601. The number of alkyl halides is 2. The Hall–Kier alpha value is -1.96. The first-order valence-electron chi connectivity index (χ1n) is 6.66. The summed E-state index contributed by atoms with van der Waals surface area (Å²) in [4.78, 5) is 11.0. The zero-order valence-corrected chi connectivity index (χ0v) is 12.7. The second kappa shape index (κ2) is 8.47. The normalized spacial score (nSPS) is 11.2. The molecule has 1 aromatic rings. The molecule has 0 heterocycles. The van der Waals surface area contributed by atoms with E-state index in [0.717, 1.165) is 31.4 Å². The van der Waals surface area contributed by atoms with Gasteiger partial charge in [-0.25, -0.2) is 8.42 Å². The Morgan fingerprint density at radius 1 is 1.23 bits per heavy atom. The SMILES string of the molecule is C=CCCCCC(=O)NNc1ccc(S(=O)(=O)C(F)F)cc1. The molecular formula is C14H18F2N2O3S. The number of sulfone groups is 1. The van der Waals surface area contributed by atoms with Gasteiger partial charge in [0.2, 0.25) is 15.7 Å². The van der Waals surface area contributed by atoms with E-state index < -0.39 is 20.5 Å². The maximum atomic E-state index is 12.4. The van der Waals surface area contributed by atoms with Crippen LogP contribution in [0, 0.1) is 0 Å². The molecule has 0 fully saturated rings. The van der Waals surface area contributed by atoms with E-state index in [-0.39, 0.29) is 5.91 Å². The van der Waals surface area contributed by atoms with Crippen molar-refractivity contribution in [1.82, 2.24) is 5.43 Å². The first kappa shape index (κ1) is 18.1. The van der Waals surface area contributed by atoms with Gasteiger partial charge in [-0.05, 0) is 43.5 Å². The number of hydrazine groups is 1. The number of nitrogens with one attached hydrogen (secondary N) is 2. The number of rotatable bonds is 9. The molecule has 22 heavy (non-hydrogen) atoms. The van der Waals surface area contributed by atoms with Crippen molar-refractivity contribution >= 4 is 21.4 Å². The Balaban J connectivity index is 2.48. The van der Waals surface area contributed by atoms with Crippen LogP contribution in [0.4, 0.5) is 14.5 Å². The van der Waals surface area contributed by atoms with Crippen LogP contribution in [0.1, 0.15) is 25.7 Å². The van der Waals surface area contributed by atoms with Crippen molar-refractivity contribution in [2.45, 2.75) is 36.3 Å². The number of unbranched alkanes of at least 4 members (excludes halogenated alkanes) is 2. The van der Waals surface area contributed by atoms with Crippen LogP contribution < -0.4 is 10.9 Å². The second-order valence-corrected chi connectivity index (χ2v) is 6.46. The second-order valence-electron chi connectivity index (χ2n) is 4.54. The number of carbonyl (C=O) groups is 1. The van der Waals surface area contributed by atoms with Gasteiger partial charge in [-0.15, -0.1) is 6.58 Å². The molecule has 0 spiro atoms. The molecule has 0 saturated heterocycles. The molecule has 5 nitrogen and oxygen atoms in total. The van der Waals surface area contributed by atoms with Crippen molar-refractivity contribution in [1.29, 1.82) is 0 Å². The van der Waals surface area contributed by atoms with E-state index in [1.54, 1.807) is 6.08 Å². The van der Waals surface area contributed by atoms with Gasteiger partial charge in [0.25, 0.3) is 0 Å². The monoisotopic (exact) mass is 332 g/mol. The number of hydrogen-bond acceptors (Lipinski definition) is 4. The summed E-state index contributed by atoms with van der Waals surface area (Å²) >= 11 is 0. The van der Waals surface area contributed by atoms with E-state index >= 15 is 0 Å². The molecule has 0 atom stereocenters. The highest BCUT2D eigenvalue weighted by Crippen LogP contribution is 2.19. The molecule has 0 bridgehead atoms. The van der Waals surface area contributed by atoms with Crippen LogP contribution >= 0.6 is 0 Å². The third-order valence-corrected chi connectivity index (χ3v) is 4.22. The lowest BCUT2D eigenvalue weighted by Gasteiger charge is -2.09. The quantitative estimate of drug-likeness (QED) is 0.414. The third-order valence-electron chi connectivity index (χ3n) is 2.83. The van der Waals surface area contributed by atoms with E-state index in [2.05, 4.69) is 17.4 Å². The van der Waals surface area contributed by atoms with E-state index in [4.69, 9.17) is 0 Å². The maximum Gasteiger partial charge on any atom is 0.341 e. The van der Waals surface area contributed by atoms with Crippen LogP contribution in [0.25, 0.3) is 0 Å². The van der Waals surface area contributed by atoms with Gasteiger partial charge in [0, 0.05) is 6.42 Å². The number of benzene rings is 1. The molecule has 1 aromatic carbocycles. The molecule has 0 aliphatic carbocycles. The van der Waals surface area contributed by atoms with Gasteiger partial charge in [-0.1, -0.05) is 6.08 Å². The van der Waals surface area contributed by atoms with E-state index in [9.17, 15) is 22.0 Å². The van der Waals surface area contributed by atoms with Gasteiger partial charge in [-0.3, -0.25) is 15.6 Å². The summed E-state index contributed by atoms with van der Waals surface area (Å²) in [5.74, 6) is -3.67. The molecule has 122 valence electrons. The first-order chi connectivity index (χ1) is 10.4. The van der Waals surface area contributed by atoms with E-state index in [1.807, 2.05) is 0 Å². The number of anilines is 1. The van der Waals surface area contributed by atoms with Crippen LogP contribution in [-0.4, -0.2) is 20.1 Å². The van der Waals surface area contributed by atoms with Crippen molar-refractivity contribution in [2.24, 2.45) is 0 Å². The third kappa shape index (κ3) is 5.44. The Kier molecular flexibility index (Phi) is 6.97. The number of halogens is 2. The summed E-state index contributed by atoms with van der Waals surface area (Å²) in [6, 6.07) is 4.71. The van der Waals surface area contributed by atoms with Gasteiger partial charge in [0.05, 0.1) is 10.6 Å². The zero-order valence-electron chi connectivity index (χ0n) is 11.9. The lowest BCUT2D eigenvalue weighted by molar-refractivity contribution is -0.120. The summed E-state index contributed by atoms with van der Waals surface area (Å²) < 4.78 is 47.2. The standard InChI is InChI=1S/C14H18F2N2O3S/c1-2-3-4-5-6-13(19)18-17-11-7-9-12(10-8-11)22(20,21)14(15)16/h2,7-10,14,17H,1,3-6H2,(H,18,19). The van der Waals surface area contributed by atoms with Crippen LogP contribution in [0.5, 0.6) is 0 Å². The van der Waals surface area contributed by atoms with E-state index in [0.29, 0.717) is 12.1 Å². The Labute approximate surface area is 128 Å². The van der Waals surface area contributed by atoms with Crippen molar-refractivity contribution in [3.05, 3.63) is 36.9 Å². The van der Waals surface area contributed by atoms with E-state index in [1.165, 1.54) is 12.1 Å². The van der Waals surface area contributed by atoms with Gasteiger partial charge in [0.15, 0.2) is 0 Å². The zero-order chi connectivity index (χ0) is 16.6. The molecule has 1 amide bonds. The first-order valence-corrected chi connectivity index (χ1v) is 8.20. The predicted octanol–water partition coefficient (Wildman–Crippen LogP) is 2.87. The highest BCUT2D eigenvalue weighted by Gasteiger charge is 2.26. The van der Waals surface area contributed by atoms with Crippen LogP contribution in [-0.2, 0) is 14.6 Å². The van der Waals surface area contributed by atoms with Crippen LogP contribution in [0.3, 0.4) is 0 Å². The smallest absolute Gasteiger partial charge is 0.299 e. The highest BCUT2D eigenvalue weighted by atomic mass is 32.2. The minimum absolute atomic E-state index is 0.214. The summed E-state index contributed by atoms with van der Waals surface area (Å²) in [5.41, 5.74) is 5.43. The average molecular weight is 332 g/mol. The fourth-order valence-electron chi connectivity index (χ4n) is 1.61. The summed E-state index contributed by atoms with van der Waals surface area (Å²) in [5, 5.41) is 0. The molecule has 0 aliphatic rings. The number of amides is 1. The topological polar surface area (TPSA) is 75.3 Å². The molecule has 1 rings (SSSR count). The van der Waals surface area contributed by atoms with Gasteiger partial charge in [-0.2, -0.15) is 8.78 Å². The Morgan fingerprint density at radius 2 is 1.86 bits per heavy atom. The fraction of sp³-hybridized carbons (Fsp3) is 0.357. The molecule has 0 saturated carbocycles. The number of allylic oxidation sites excluding steroid dienone is 1. The van der Waals surface area contributed by atoms with Crippen molar-refractivity contribution in [3.63, 3.8) is 0 Å². The number of hydrogen-bond donors (Lipinski definition) is 2. The minimum Gasteiger partial charge on any atom is -0.299 e. The fourth-order valence-corrected chi connectivity index (χ4v) is 2.33. The summed E-state index contributed by atoms with van der Waals surface area (Å²) in [6.45, 7) is 3.59. The largest absolute Gasteiger partial charge is 0.341 e. The molecule has 0 radical (unpaired) electrons. The highest BCUT2D eigenvalue weighted by molar-refractivity contribution is 7.91. The van der Waals surface area contributed by atoms with Gasteiger partial charge in [0.1, 0.15) is 0 Å². The summed E-state index contributed by atoms with van der Waals surface area (Å²) in [6.07, 6.45) is 4.58. The van der Waals surface area contributed by atoms with Crippen molar-refractivity contribution < 1.29 is 22.0 Å². The molecular weight excluding hydrogens is 314 g/mol. The predicted molar refractivity (Wildman–Crippen MR) is 80.1 cm³/mol. The lowest BCUT2D eigenvalue weighted by Crippen LogP contribution is -2.29. The lowest BCUT2D eigenvalue weighted by atomic mass is 10.2. The number of carbonyl (C=O) groups excluding carboxylic acids is 1. The molecule has 2 N–H and O–H groups in total. The molecule has 0 aromatic heterocycles. The Morgan fingerprint density at radius 3 is 2.41 bits per heavy atom. The van der Waals surface area contributed by atoms with Crippen LogP contribution in [0.2, 0.25) is 0 Å². The maximum absolute atomic E-state index is 12.4.